The van der Waals surface area contributed by atoms with Crippen LogP contribution in [0.15, 0.2) is 0 Å². The van der Waals surface area contributed by atoms with Gasteiger partial charge in [0.05, 0.1) is 33.0 Å². The molecule has 1 N–H and O–H groups in total. The first kappa shape index (κ1) is 24.2. The van der Waals surface area contributed by atoms with Gasteiger partial charge >= 0.3 is 0 Å². The summed E-state index contributed by atoms with van der Waals surface area (Å²) in [5.41, 5.74) is 0. The lowest BCUT2D eigenvalue weighted by Gasteiger charge is -2.21. The Hall–Kier alpha value is 0.210. The van der Waals surface area contributed by atoms with Gasteiger partial charge in [-0.3, -0.25) is 4.79 Å². The zero-order valence-corrected chi connectivity index (χ0v) is 17.4. The Bertz CT molecular complexity index is 304. The second-order valence-corrected chi connectivity index (χ2v) is 9.20. The lowest BCUT2D eigenvalue weighted by molar-refractivity contribution is -0.119. The van der Waals surface area contributed by atoms with Crippen molar-refractivity contribution in [3.63, 3.8) is 0 Å². The molecule has 24 heavy (non-hydrogen) atoms. The number of carbonyl (C=O) groups excluding carboxylic acids is 1. The molecule has 0 saturated heterocycles. The number of hydrogen-bond acceptors (Lipinski definition) is 7. The van der Waals surface area contributed by atoms with Gasteiger partial charge in [-0.25, -0.2) is 0 Å². The van der Waals surface area contributed by atoms with Gasteiger partial charge in [-0.1, -0.05) is 21.6 Å². The van der Waals surface area contributed by atoms with Gasteiger partial charge in [-0.2, -0.15) is 0 Å². The molecule has 144 valence electrons. The zero-order valence-electron chi connectivity index (χ0n) is 15.7. The first-order chi connectivity index (χ1) is 11.5. The Morgan fingerprint density at radius 2 is 1.54 bits per heavy atom. The molecule has 7 heteroatoms. The second kappa shape index (κ2) is 16.7. The fraction of sp³-hybridized carbons (Fsp3) is 0.941. The number of Topliss-reactive ketones (excluding diaryl/α,β-unsaturated/α-hetero) is 1. The first-order valence-electron chi connectivity index (χ1n) is 8.63. The maximum Gasteiger partial charge on any atom is 0.133 e. The molecule has 0 unspecified atom stereocenters. The fourth-order valence-electron chi connectivity index (χ4n) is 1.92. The van der Waals surface area contributed by atoms with Crippen molar-refractivity contribution >= 4 is 27.4 Å². The summed E-state index contributed by atoms with van der Waals surface area (Å²) in [6, 6.07) is 0. The maximum absolute atomic E-state index is 11.9. The largest absolute Gasteiger partial charge is 0.379 e. The molecule has 0 atom stereocenters. The summed E-state index contributed by atoms with van der Waals surface area (Å²) in [6.45, 7) is 8.92. The first-order valence-corrected chi connectivity index (χ1v) is 11.2. The Morgan fingerprint density at radius 1 is 0.958 bits per heavy atom. The van der Waals surface area contributed by atoms with E-state index < -0.39 is 0 Å². The summed E-state index contributed by atoms with van der Waals surface area (Å²) in [5, 5.41) is 3.02. The molecular formula is C17H35NO4S2. The number of ketones is 1. The maximum atomic E-state index is 11.9. The van der Waals surface area contributed by atoms with Crippen LogP contribution in [0.2, 0.25) is 0 Å². The molecule has 0 spiro atoms. The van der Waals surface area contributed by atoms with Gasteiger partial charge < -0.3 is 19.5 Å². The summed E-state index contributed by atoms with van der Waals surface area (Å²) in [6.07, 6.45) is 5.08. The van der Waals surface area contributed by atoms with Gasteiger partial charge in [0.1, 0.15) is 5.78 Å². The van der Waals surface area contributed by atoms with Gasteiger partial charge in [0.15, 0.2) is 0 Å². The topological polar surface area (TPSA) is 56.8 Å². The average molecular weight is 382 g/mol. The lowest BCUT2D eigenvalue weighted by Crippen LogP contribution is -2.17. The molecular weight excluding hydrogens is 346 g/mol. The fourth-order valence-corrected chi connectivity index (χ4v) is 4.16. The predicted octanol–water partition coefficient (Wildman–Crippen LogP) is 3.17. The van der Waals surface area contributed by atoms with Crippen LogP contribution in [0.5, 0.6) is 0 Å². The highest BCUT2D eigenvalue weighted by Gasteiger charge is 2.19. The van der Waals surface area contributed by atoms with E-state index in [0.717, 1.165) is 19.4 Å². The van der Waals surface area contributed by atoms with E-state index in [4.69, 9.17) is 14.2 Å². The van der Waals surface area contributed by atoms with Crippen molar-refractivity contribution < 1.29 is 19.0 Å². The van der Waals surface area contributed by atoms with Crippen molar-refractivity contribution in [2.24, 2.45) is 0 Å². The van der Waals surface area contributed by atoms with Crippen molar-refractivity contribution in [2.45, 2.75) is 44.3 Å². The Balaban J connectivity index is 3.30. The van der Waals surface area contributed by atoms with E-state index >= 15 is 0 Å². The highest BCUT2D eigenvalue weighted by atomic mass is 33.1. The van der Waals surface area contributed by atoms with Gasteiger partial charge in [-0.05, 0) is 40.0 Å². The van der Waals surface area contributed by atoms with Crippen LogP contribution >= 0.6 is 21.6 Å². The van der Waals surface area contributed by atoms with E-state index in [1.165, 1.54) is 0 Å². The smallest absolute Gasteiger partial charge is 0.133 e. The molecule has 0 aliphatic heterocycles. The Kier molecular flexibility index (Phi) is 16.8. The molecule has 0 aromatic rings. The van der Waals surface area contributed by atoms with Crippen LogP contribution in [0.3, 0.4) is 0 Å². The Labute approximate surface area is 155 Å². The van der Waals surface area contributed by atoms with Crippen molar-refractivity contribution in [3.05, 3.63) is 0 Å². The van der Waals surface area contributed by atoms with E-state index in [0.29, 0.717) is 58.3 Å². The molecule has 0 aromatic carbocycles. The van der Waals surface area contributed by atoms with Gasteiger partial charge in [0, 0.05) is 30.7 Å². The molecule has 0 heterocycles. The van der Waals surface area contributed by atoms with Crippen LogP contribution in [0.25, 0.3) is 0 Å². The number of nitrogens with one attached hydrogen (secondary N) is 1. The zero-order chi connectivity index (χ0) is 18.1. The van der Waals surface area contributed by atoms with E-state index in [9.17, 15) is 4.79 Å². The van der Waals surface area contributed by atoms with Crippen LogP contribution < -0.4 is 5.32 Å². The molecule has 0 aliphatic carbocycles. The molecule has 0 amide bonds. The SMILES string of the molecule is CNCCOCCOCCOCCCC(=O)CCC(C)(C)SSC. The predicted molar refractivity (Wildman–Crippen MR) is 105 cm³/mol. The molecule has 5 nitrogen and oxygen atoms in total. The molecule has 0 aromatic heterocycles. The van der Waals surface area contributed by atoms with Gasteiger partial charge in [-0.15, -0.1) is 0 Å². The van der Waals surface area contributed by atoms with Crippen LogP contribution in [-0.4, -0.2) is 70.0 Å². The van der Waals surface area contributed by atoms with Crippen LogP contribution in [0, 0.1) is 0 Å². The molecule has 0 rings (SSSR count). The van der Waals surface area contributed by atoms with Crippen molar-refractivity contribution in [1.82, 2.24) is 5.32 Å². The molecule has 0 radical (unpaired) electrons. The molecule has 0 saturated carbocycles. The normalized spacial score (nSPS) is 11.8. The highest BCUT2D eigenvalue weighted by molar-refractivity contribution is 8.76. The van der Waals surface area contributed by atoms with E-state index in [2.05, 4.69) is 25.4 Å². The van der Waals surface area contributed by atoms with Crippen LogP contribution in [0.1, 0.15) is 39.5 Å². The van der Waals surface area contributed by atoms with Crippen molar-refractivity contribution in [2.75, 3.05) is 59.5 Å². The average Bonchev–Trinajstić information content (AvgIpc) is 2.54. The summed E-state index contributed by atoms with van der Waals surface area (Å²) < 4.78 is 16.4. The monoisotopic (exact) mass is 381 g/mol. The van der Waals surface area contributed by atoms with Gasteiger partial charge in [0.2, 0.25) is 0 Å². The minimum Gasteiger partial charge on any atom is -0.379 e. The molecule has 0 bridgehead atoms. The van der Waals surface area contributed by atoms with Crippen molar-refractivity contribution in [1.29, 1.82) is 0 Å². The van der Waals surface area contributed by atoms with E-state index in [1.807, 2.05) is 17.8 Å². The Morgan fingerprint density at radius 3 is 2.12 bits per heavy atom. The molecule has 0 aliphatic rings. The minimum atomic E-state index is 0.166. The lowest BCUT2D eigenvalue weighted by atomic mass is 10.0. The summed E-state index contributed by atoms with van der Waals surface area (Å²) in [7, 11) is 5.50. The standard InChI is InChI=1S/C17H35NO4S2/c1-17(2,24-23-4)8-7-16(19)6-5-10-20-12-14-22-15-13-21-11-9-18-3/h18H,5-15H2,1-4H3. The highest BCUT2D eigenvalue weighted by Crippen LogP contribution is 2.37. The third-order valence-corrected chi connectivity index (χ3v) is 5.98. The minimum absolute atomic E-state index is 0.166. The van der Waals surface area contributed by atoms with E-state index in [1.54, 1.807) is 10.8 Å². The number of rotatable bonds is 18. The molecule has 0 fully saturated rings. The second-order valence-electron chi connectivity index (χ2n) is 6.09. The van der Waals surface area contributed by atoms with Crippen LogP contribution in [-0.2, 0) is 19.0 Å². The number of hydrogen-bond donors (Lipinski definition) is 1. The number of carbonyl (C=O) groups is 1. The van der Waals surface area contributed by atoms with Crippen LogP contribution in [0.4, 0.5) is 0 Å². The summed E-state index contributed by atoms with van der Waals surface area (Å²) in [5.74, 6) is 0.336. The number of ether oxygens (including phenoxy) is 3. The van der Waals surface area contributed by atoms with Crippen molar-refractivity contribution in [3.8, 4) is 0 Å². The van der Waals surface area contributed by atoms with E-state index in [-0.39, 0.29) is 4.75 Å². The third kappa shape index (κ3) is 17.0. The van der Waals surface area contributed by atoms with Gasteiger partial charge in [0.25, 0.3) is 0 Å². The summed E-state index contributed by atoms with van der Waals surface area (Å²) in [4.78, 5) is 11.9. The summed E-state index contributed by atoms with van der Waals surface area (Å²) >= 11 is 0. The quantitative estimate of drug-likeness (QED) is 0.289. The number of likely N-dealkylation sites (N-methyl/N-ethyl adjacent to an activating group) is 1. The third-order valence-electron chi connectivity index (χ3n) is 3.30.